The van der Waals surface area contributed by atoms with Crippen molar-refractivity contribution in [2.45, 2.75) is 83.6 Å². The Kier molecular flexibility index (Phi) is 38.5. The minimum Gasteiger partial charge on any atom is -0.396 e. The van der Waals surface area contributed by atoms with E-state index in [2.05, 4.69) is 51.2 Å². The first-order chi connectivity index (χ1) is 27.1. The second-order valence-electron chi connectivity index (χ2n) is 11.1. The number of alkyl halides is 6. The van der Waals surface area contributed by atoms with Crippen molar-refractivity contribution in [2.75, 3.05) is 68.3 Å². The average Bonchev–Trinajstić information content (AvgIpc) is 3.95. The number of ether oxygens (including phenoxy) is 5. The van der Waals surface area contributed by atoms with E-state index in [0.717, 1.165) is 58.4 Å². The van der Waals surface area contributed by atoms with Gasteiger partial charge in [0.1, 0.15) is 6.10 Å². The number of hydrogen-bond acceptors (Lipinski definition) is 15. The van der Waals surface area contributed by atoms with Gasteiger partial charge in [0.15, 0.2) is 12.6 Å². The van der Waals surface area contributed by atoms with E-state index in [1.54, 1.807) is 44.0 Å². The Labute approximate surface area is 363 Å². The van der Waals surface area contributed by atoms with Crippen molar-refractivity contribution in [1.82, 2.24) is 10.6 Å². The fraction of sp³-hybridized carbons (Fsp3) is 0.657. The third-order valence-corrected chi connectivity index (χ3v) is 10.4. The molecule has 60 heavy (non-hydrogen) atoms. The Balaban J connectivity index is -0.000000317. The largest absolute Gasteiger partial charge is 0.522 e. The number of nitrogens with one attached hydrogen (secondary N) is 2. The normalized spacial score (nSPS) is 13.9. The Morgan fingerprint density at radius 3 is 1.65 bits per heavy atom. The van der Waals surface area contributed by atoms with Crippen molar-refractivity contribution in [2.24, 2.45) is 0 Å². The standard InChI is InChI=1S/C11H18O2S.C9H13NOS.C6H8OS.C5H13NO2.2CHF3O3S.2CH4/c1-3-4-11(12-2)13-7-5-10-6-8-14-9-10;1-10-6-8-9-7(2-4-11-8)3-5-12-9;7-3-1-6-2-4-8-5-6;1-6-4-5(7-2)8-3;2*2-1(3,4)8(5,6)7;;/h6,8-9,11H,3-5,7H2,1-2H3;3,5,8,10H,2,4,6H2,1H3;2,4-5,7H,1,3H2;5-6H,4H2,1-3H3;2*(H,5,6,7);2*1H4. The summed E-state index contributed by atoms with van der Waals surface area (Å²) in [5.74, 6) is 0. The van der Waals surface area contributed by atoms with Gasteiger partial charge in [0.05, 0.1) is 13.2 Å². The van der Waals surface area contributed by atoms with Crippen LogP contribution in [0.1, 0.15) is 62.3 Å². The summed E-state index contributed by atoms with van der Waals surface area (Å²) in [5.41, 5.74) is -7.01. The number of hydrogen-bond donors (Lipinski definition) is 5. The second-order valence-corrected chi connectivity index (χ2v) is 16.4. The Bertz CT molecular complexity index is 1570. The monoisotopic (exact) mass is 976 g/mol. The molecule has 1 aliphatic rings. The smallest absolute Gasteiger partial charge is 0.396 e. The second kappa shape index (κ2) is 35.6. The molecule has 356 valence electrons. The Morgan fingerprint density at radius 1 is 0.817 bits per heavy atom. The van der Waals surface area contributed by atoms with Crippen molar-refractivity contribution >= 4 is 54.2 Å². The summed E-state index contributed by atoms with van der Waals surface area (Å²) in [6, 6.07) is 6.38. The number of aliphatic hydroxyl groups is 1. The molecule has 0 fully saturated rings. The molecule has 0 bridgehead atoms. The molecule has 4 heterocycles. The van der Waals surface area contributed by atoms with Gasteiger partial charge in [0.25, 0.3) is 0 Å². The topological polar surface area (TPSA) is 199 Å². The maximum absolute atomic E-state index is 10.7. The minimum atomic E-state index is -5.84. The van der Waals surface area contributed by atoms with Gasteiger partial charge in [-0.3, -0.25) is 9.11 Å². The first kappa shape index (κ1) is 64.8. The fourth-order valence-corrected chi connectivity index (χ4v) is 6.21. The molecule has 0 saturated carbocycles. The summed E-state index contributed by atoms with van der Waals surface area (Å²) >= 11 is 5.20. The zero-order valence-corrected chi connectivity index (χ0v) is 36.8. The summed E-state index contributed by atoms with van der Waals surface area (Å²) in [6.45, 7) is 5.66. The Hall–Kier alpha value is -1.82. The predicted octanol–water partition coefficient (Wildman–Crippen LogP) is 7.83. The van der Waals surface area contributed by atoms with E-state index in [0.29, 0.717) is 6.10 Å². The summed E-state index contributed by atoms with van der Waals surface area (Å²) in [6.07, 6.45) is 5.07. The molecule has 0 aromatic carbocycles. The molecule has 0 aliphatic carbocycles. The molecule has 0 amide bonds. The van der Waals surface area contributed by atoms with Crippen LogP contribution in [0.5, 0.6) is 0 Å². The molecule has 1 aliphatic heterocycles. The molecular formula is C35H62F6N2O12S5. The SMILES string of the molecule is C.C.CCCC(OC)OCCc1ccsc1.CNCC(OC)OC.CNCC1OCCc2ccsc21.O=S(=O)(O)C(F)(F)F.O=S(=O)(O)C(F)(F)F.OCCc1ccsc1. The van der Waals surface area contributed by atoms with Crippen LogP contribution in [-0.2, 0) is 63.2 Å². The number of methoxy groups -OCH3 is 3. The van der Waals surface area contributed by atoms with Gasteiger partial charge in [-0.2, -0.15) is 65.9 Å². The quantitative estimate of drug-likeness (QED) is 0.0427. The highest BCUT2D eigenvalue weighted by Gasteiger charge is 2.45. The number of halogens is 6. The van der Waals surface area contributed by atoms with Crippen LogP contribution in [-0.4, -0.2) is 123 Å². The van der Waals surface area contributed by atoms with Gasteiger partial charge in [-0.05, 0) is 102 Å². The predicted molar refractivity (Wildman–Crippen MR) is 226 cm³/mol. The number of likely N-dealkylation sites (N-methyl/N-ethyl adjacent to an activating group) is 2. The van der Waals surface area contributed by atoms with Crippen molar-refractivity contribution in [1.29, 1.82) is 0 Å². The lowest BCUT2D eigenvalue weighted by Gasteiger charge is -2.22. The van der Waals surface area contributed by atoms with Crippen LogP contribution in [0.25, 0.3) is 0 Å². The molecule has 3 aromatic rings. The lowest BCUT2D eigenvalue weighted by Crippen LogP contribution is -2.26. The van der Waals surface area contributed by atoms with Crippen LogP contribution in [0.15, 0.2) is 45.1 Å². The molecule has 0 radical (unpaired) electrons. The molecule has 4 rings (SSSR count). The summed E-state index contributed by atoms with van der Waals surface area (Å²) < 4.78 is 141. The lowest BCUT2D eigenvalue weighted by atomic mass is 10.1. The highest BCUT2D eigenvalue weighted by atomic mass is 32.2. The Morgan fingerprint density at radius 2 is 1.30 bits per heavy atom. The van der Waals surface area contributed by atoms with Gasteiger partial charge in [0.2, 0.25) is 0 Å². The van der Waals surface area contributed by atoms with Gasteiger partial charge in [-0.1, -0.05) is 28.2 Å². The highest BCUT2D eigenvalue weighted by molar-refractivity contribution is 7.86. The van der Waals surface area contributed by atoms with Gasteiger partial charge in [-0.25, -0.2) is 0 Å². The van der Waals surface area contributed by atoms with E-state index in [-0.39, 0.29) is 34.0 Å². The zero-order chi connectivity index (χ0) is 44.8. The van der Waals surface area contributed by atoms with Crippen LogP contribution < -0.4 is 10.6 Å². The van der Waals surface area contributed by atoms with Crippen molar-refractivity contribution in [3.05, 3.63) is 66.7 Å². The van der Waals surface area contributed by atoms with Crippen LogP contribution in [0.2, 0.25) is 0 Å². The van der Waals surface area contributed by atoms with E-state index < -0.39 is 31.3 Å². The van der Waals surface area contributed by atoms with Crippen LogP contribution in [0, 0.1) is 0 Å². The summed E-state index contributed by atoms with van der Waals surface area (Å²) in [4.78, 5) is 1.41. The van der Waals surface area contributed by atoms with E-state index >= 15 is 0 Å². The van der Waals surface area contributed by atoms with Gasteiger partial charge < -0.3 is 39.4 Å². The summed E-state index contributed by atoms with van der Waals surface area (Å²) in [7, 11) is -2.93. The molecule has 0 saturated heterocycles. The van der Waals surface area contributed by atoms with E-state index in [9.17, 15) is 26.3 Å². The van der Waals surface area contributed by atoms with Crippen molar-refractivity contribution < 1.29 is 81.1 Å². The van der Waals surface area contributed by atoms with Crippen LogP contribution in [0.4, 0.5) is 26.3 Å². The fourth-order valence-electron chi connectivity index (χ4n) is 3.80. The van der Waals surface area contributed by atoms with Crippen molar-refractivity contribution in [3.63, 3.8) is 0 Å². The third kappa shape index (κ3) is 31.1. The average molecular weight is 977 g/mol. The van der Waals surface area contributed by atoms with Crippen molar-refractivity contribution in [3.8, 4) is 0 Å². The number of aliphatic hydroxyl groups excluding tert-OH is 1. The van der Waals surface area contributed by atoms with Crippen LogP contribution >= 0.6 is 34.0 Å². The lowest BCUT2D eigenvalue weighted by molar-refractivity contribution is -0.126. The molecule has 2 unspecified atom stereocenters. The molecule has 5 N–H and O–H groups in total. The molecular weight excluding hydrogens is 915 g/mol. The first-order valence-corrected chi connectivity index (χ1v) is 22.6. The van der Waals surface area contributed by atoms with Gasteiger partial charge >= 0.3 is 31.3 Å². The van der Waals surface area contributed by atoms with Gasteiger partial charge in [0, 0.05) is 45.9 Å². The molecule has 3 aromatic heterocycles. The molecule has 14 nitrogen and oxygen atoms in total. The van der Waals surface area contributed by atoms with Crippen LogP contribution in [0.3, 0.4) is 0 Å². The molecule has 2 atom stereocenters. The zero-order valence-electron chi connectivity index (χ0n) is 32.7. The van der Waals surface area contributed by atoms with E-state index in [1.165, 1.54) is 21.6 Å². The number of rotatable bonds is 15. The van der Waals surface area contributed by atoms with E-state index in [4.69, 9.17) is 54.7 Å². The molecule has 0 spiro atoms. The number of fused-ring (bicyclic) bond motifs is 1. The van der Waals surface area contributed by atoms with Gasteiger partial charge in [-0.15, -0.1) is 11.3 Å². The first-order valence-electron chi connectivity index (χ1n) is 16.9. The number of thiophene rings is 3. The third-order valence-electron chi connectivity index (χ3n) is 6.68. The summed E-state index contributed by atoms with van der Waals surface area (Å²) in [5, 5.41) is 25.0. The maximum Gasteiger partial charge on any atom is 0.522 e. The molecule has 25 heteroatoms. The van der Waals surface area contributed by atoms with E-state index in [1.807, 2.05) is 36.9 Å². The highest BCUT2D eigenvalue weighted by Crippen LogP contribution is 2.31. The maximum atomic E-state index is 10.7. The minimum absolute atomic E-state index is 0.